The SMILES string of the molecule is NNC(CCC1CCCO1)c1cc(Br)cc(Br)c1. The fourth-order valence-electron chi connectivity index (χ4n) is 2.35. The lowest BCUT2D eigenvalue weighted by Gasteiger charge is -2.19. The molecule has 1 aromatic carbocycles. The van der Waals surface area contributed by atoms with Crippen LogP contribution < -0.4 is 11.3 Å². The molecule has 2 atom stereocenters. The van der Waals surface area contributed by atoms with Crippen molar-refractivity contribution in [2.45, 2.75) is 37.8 Å². The van der Waals surface area contributed by atoms with Crippen LogP contribution in [-0.4, -0.2) is 12.7 Å². The van der Waals surface area contributed by atoms with Crippen LogP contribution in [0.2, 0.25) is 0 Å². The number of nitrogens with two attached hydrogens (primary N) is 1. The molecular weight excluding hydrogens is 360 g/mol. The largest absolute Gasteiger partial charge is 0.378 e. The summed E-state index contributed by atoms with van der Waals surface area (Å²) in [6.45, 7) is 0.911. The van der Waals surface area contributed by atoms with E-state index in [0.29, 0.717) is 6.10 Å². The van der Waals surface area contributed by atoms with E-state index in [-0.39, 0.29) is 6.04 Å². The van der Waals surface area contributed by atoms with Gasteiger partial charge in [-0.1, -0.05) is 31.9 Å². The van der Waals surface area contributed by atoms with Crippen LogP contribution in [0.5, 0.6) is 0 Å². The average Bonchev–Trinajstić information content (AvgIpc) is 2.81. The fraction of sp³-hybridized carbons (Fsp3) is 0.538. The van der Waals surface area contributed by atoms with E-state index in [2.05, 4.69) is 49.4 Å². The molecule has 100 valence electrons. The molecule has 5 heteroatoms. The molecule has 0 aliphatic carbocycles. The Labute approximate surface area is 125 Å². The molecule has 18 heavy (non-hydrogen) atoms. The molecule has 1 aromatic rings. The van der Waals surface area contributed by atoms with Crippen molar-refractivity contribution < 1.29 is 4.74 Å². The summed E-state index contributed by atoms with van der Waals surface area (Å²) in [5.74, 6) is 5.67. The number of hydrazine groups is 1. The Kier molecular flexibility index (Phi) is 5.63. The minimum Gasteiger partial charge on any atom is -0.378 e. The monoisotopic (exact) mass is 376 g/mol. The van der Waals surface area contributed by atoms with E-state index in [9.17, 15) is 0 Å². The zero-order chi connectivity index (χ0) is 13.0. The van der Waals surface area contributed by atoms with Gasteiger partial charge in [-0.2, -0.15) is 0 Å². The van der Waals surface area contributed by atoms with Crippen LogP contribution in [0.3, 0.4) is 0 Å². The molecular formula is C13H18Br2N2O. The molecule has 1 saturated heterocycles. The van der Waals surface area contributed by atoms with Crippen molar-refractivity contribution in [3.05, 3.63) is 32.7 Å². The number of halogens is 2. The highest BCUT2D eigenvalue weighted by molar-refractivity contribution is 9.11. The quantitative estimate of drug-likeness (QED) is 0.607. The maximum Gasteiger partial charge on any atom is 0.0576 e. The first-order chi connectivity index (χ1) is 8.69. The molecule has 2 unspecified atom stereocenters. The van der Waals surface area contributed by atoms with Crippen molar-refractivity contribution in [1.82, 2.24) is 5.43 Å². The number of hydrogen-bond acceptors (Lipinski definition) is 3. The smallest absolute Gasteiger partial charge is 0.0576 e. The highest BCUT2D eigenvalue weighted by Gasteiger charge is 2.18. The first kappa shape index (κ1) is 14.5. The van der Waals surface area contributed by atoms with Gasteiger partial charge in [-0.3, -0.25) is 11.3 Å². The van der Waals surface area contributed by atoms with E-state index in [4.69, 9.17) is 10.6 Å². The van der Waals surface area contributed by atoms with Crippen molar-refractivity contribution in [1.29, 1.82) is 0 Å². The summed E-state index contributed by atoms with van der Waals surface area (Å²) in [5, 5.41) is 0. The summed E-state index contributed by atoms with van der Waals surface area (Å²) in [6.07, 6.45) is 4.83. The van der Waals surface area contributed by atoms with Gasteiger partial charge in [0, 0.05) is 21.6 Å². The number of benzene rings is 1. The van der Waals surface area contributed by atoms with Gasteiger partial charge in [0.15, 0.2) is 0 Å². The van der Waals surface area contributed by atoms with Gasteiger partial charge in [0.2, 0.25) is 0 Å². The molecule has 3 nitrogen and oxygen atoms in total. The molecule has 0 bridgehead atoms. The zero-order valence-corrected chi connectivity index (χ0v) is 13.3. The minimum absolute atomic E-state index is 0.169. The number of rotatable bonds is 5. The second-order valence-corrected chi connectivity index (χ2v) is 6.47. The zero-order valence-electron chi connectivity index (χ0n) is 10.2. The summed E-state index contributed by atoms with van der Waals surface area (Å²) < 4.78 is 7.76. The lowest BCUT2D eigenvalue weighted by molar-refractivity contribution is 0.0996. The lowest BCUT2D eigenvalue weighted by atomic mass is 10.00. The maximum atomic E-state index is 5.67. The van der Waals surface area contributed by atoms with Crippen LogP contribution in [0, 0.1) is 0 Å². The third-order valence-corrected chi connectivity index (χ3v) is 4.21. The van der Waals surface area contributed by atoms with Gasteiger partial charge in [-0.05, 0) is 49.4 Å². The van der Waals surface area contributed by atoms with E-state index in [1.807, 2.05) is 6.07 Å². The van der Waals surface area contributed by atoms with Gasteiger partial charge in [-0.25, -0.2) is 0 Å². The van der Waals surface area contributed by atoms with Crippen LogP contribution in [-0.2, 0) is 4.74 Å². The van der Waals surface area contributed by atoms with Crippen LogP contribution in [0.25, 0.3) is 0 Å². The Morgan fingerprint density at radius 3 is 2.61 bits per heavy atom. The minimum atomic E-state index is 0.169. The second kappa shape index (κ2) is 7.01. The van der Waals surface area contributed by atoms with Crippen molar-refractivity contribution in [3.8, 4) is 0 Å². The number of hydrogen-bond donors (Lipinski definition) is 2. The third-order valence-electron chi connectivity index (χ3n) is 3.29. The maximum absolute atomic E-state index is 5.67. The predicted molar refractivity (Wildman–Crippen MR) is 80.1 cm³/mol. The third kappa shape index (κ3) is 4.03. The van der Waals surface area contributed by atoms with Gasteiger partial charge in [0.05, 0.1) is 6.10 Å². The number of nitrogens with one attached hydrogen (secondary N) is 1. The van der Waals surface area contributed by atoms with Gasteiger partial charge in [0.25, 0.3) is 0 Å². The second-order valence-electron chi connectivity index (χ2n) is 4.63. The Bertz CT molecular complexity index is 374. The van der Waals surface area contributed by atoms with Gasteiger partial charge in [0.1, 0.15) is 0 Å². The Hall–Kier alpha value is 0.0600. The van der Waals surface area contributed by atoms with Crippen molar-refractivity contribution >= 4 is 31.9 Å². The molecule has 3 N–H and O–H groups in total. The summed E-state index contributed by atoms with van der Waals surface area (Å²) >= 11 is 7.01. The highest BCUT2D eigenvalue weighted by Crippen LogP contribution is 2.28. The molecule has 0 saturated carbocycles. The molecule has 1 heterocycles. The van der Waals surface area contributed by atoms with E-state index in [1.165, 1.54) is 18.4 Å². The molecule has 0 amide bonds. The van der Waals surface area contributed by atoms with Crippen LogP contribution >= 0.6 is 31.9 Å². The topological polar surface area (TPSA) is 47.3 Å². The molecule has 0 aromatic heterocycles. The van der Waals surface area contributed by atoms with Crippen molar-refractivity contribution in [2.24, 2.45) is 5.84 Å². The molecule has 1 aliphatic heterocycles. The normalized spacial score (nSPS) is 21.2. The van der Waals surface area contributed by atoms with Crippen LogP contribution in [0.15, 0.2) is 27.1 Å². The van der Waals surface area contributed by atoms with Crippen LogP contribution in [0.1, 0.15) is 37.3 Å². The van der Waals surface area contributed by atoms with Gasteiger partial charge < -0.3 is 4.74 Å². The Morgan fingerprint density at radius 1 is 1.33 bits per heavy atom. The molecule has 2 rings (SSSR count). The van der Waals surface area contributed by atoms with Crippen LogP contribution in [0.4, 0.5) is 0 Å². The van der Waals surface area contributed by atoms with Crippen molar-refractivity contribution in [3.63, 3.8) is 0 Å². The molecule has 0 radical (unpaired) electrons. The summed E-state index contributed by atoms with van der Waals surface area (Å²) in [7, 11) is 0. The fourth-order valence-corrected chi connectivity index (χ4v) is 3.68. The van der Waals surface area contributed by atoms with Gasteiger partial charge in [-0.15, -0.1) is 0 Å². The van der Waals surface area contributed by atoms with E-state index in [1.54, 1.807) is 0 Å². The van der Waals surface area contributed by atoms with Crippen molar-refractivity contribution in [2.75, 3.05) is 6.61 Å². The summed E-state index contributed by atoms with van der Waals surface area (Å²) in [6, 6.07) is 6.40. The average molecular weight is 378 g/mol. The number of ether oxygens (including phenoxy) is 1. The lowest BCUT2D eigenvalue weighted by Crippen LogP contribution is -2.28. The van der Waals surface area contributed by atoms with E-state index < -0.39 is 0 Å². The first-order valence-corrected chi connectivity index (χ1v) is 7.81. The van der Waals surface area contributed by atoms with E-state index >= 15 is 0 Å². The Balaban J connectivity index is 1.98. The molecule has 1 aliphatic rings. The predicted octanol–water partition coefficient (Wildman–Crippen LogP) is 3.68. The standard InChI is InChI=1S/C13H18Br2N2O/c14-10-6-9(7-11(15)8-10)13(17-16)4-3-12-2-1-5-18-12/h6-8,12-13,17H,1-5,16H2. The molecule has 0 spiro atoms. The Morgan fingerprint density at radius 2 is 2.06 bits per heavy atom. The highest BCUT2D eigenvalue weighted by atomic mass is 79.9. The van der Waals surface area contributed by atoms with E-state index in [0.717, 1.165) is 28.4 Å². The first-order valence-electron chi connectivity index (χ1n) is 6.23. The summed E-state index contributed by atoms with van der Waals surface area (Å²) in [5.41, 5.74) is 4.09. The van der Waals surface area contributed by atoms with Gasteiger partial charge >= 0.3 is 0 Å². The molecule has 1 fully saturated rings. The summed E-state index contributed by atoms with van der Waals surface area (Å²) in [4.78, 5) is 0.